The number of alkyl halides is 3. The van der Waals surface area contributed by atoms with Crippen LogP contribution >= 0.6 is 11.6 Å². The van der Waals surface area contributed by atoms with Crippen LogP contribution in [0.5, 0.6) is 0 Å². The molecule has 0 spiro atoms. The zero-order valence-electron chi connectivity index (χ0n) is 8.02. The lowest BCUT2D eigenvalue weighted by Gasteiger charge is -2.12. The first-order valence-corrected chi connectivity index (χ1v) is 4.47. The van der Waals surface area contributed by atoms with Crippen LogP contribution in [0.2, 0.25) is 5.02 Å². The van der Waals surface area contributed by atoms with Gasteiger partial charge in [-0.15, -0.1) is 0 Å². The van der Waals surface area contributed by atoms with Crippen LogP contribution in [0.4, 0.5) is 13.2 Å². The van der Waals surface area contributed by atoms with Crippen LogP contribution in [0, 0.1) is 11.3 Å². The number of carbonyl (C=O) groups excluding carboxylic acids is 1. The van der Waals surface area contributed by atoms with Crippen molar-refractivity contribution < 1.29 is 18.0 Å². The molecule has 0 aliphatic carbocycles. The number of halogens is 4. The summed E-state index contributed by atoms with van der Waals surface area (Å²) in [4.78, 5) is 11.0. The summed E-state index contributed by atoms with van der Waals surface area (Å²) < 4.78 is 37.8. The smallest absolute Gasteiger partial charge is 0.294 e. The lowest BCUT2D eigenvalue weighted by molar-refractivity contribution is -0.137. The molecule has 0 bridgehead atoms. The fourth-order valence-electron chi connectivity index (χ4n) is 1.22. The predicted octanol–water partition coefficient (Wildman–Crippen LogP) is 3.43. The average Bonchev–Trinajstić information content (AvgIpc) is 2.14. The summed E-state index contributed by atoms with van der Waals surface area (Å²) in [7, 11) is 0. The minimum Gasteiger partial charge on any atom is -0.294 e. The highest BCUT2D eigenvalue weighted by atomic mass is 35.5. The van der Waals surface area contributed by atoms with Crippen LogP contribution < -0.4 is 0 Å². The molecular formula is C10H5ClF3NO. The Bertz CT molecular complexity index is 488. The first kappa shape index (κ1) is 12.5. The van der Waals surface area contributed by atoms with E-state index in [2.05, 4.69) is 0 Å². The first-order chi connectivity index (χ1) is 7.29. The van der Waals surface area contributed by atoms with Gasteiger partial charge >= 0.3 is 6.18 Å². The van der Waals surface area contributed by atoms with Crippen molar-refractivity contribution in [2.75, 3.05) is 0 Å². The molecule has 0 amide bonds. The number of carbonyl (C=O) groups is 1. The molecule has 0 radical (unpaired) electrons. The van der Waals surface area contributed by atoms with E-state index in [0.717, 1.165) is 19.1 Å². The fourth-order valence-corrected chi connectivity index (χ4v) is 1.62. The van der Waals surface area contributed by atoms with Crippen LogP contribution in [-0.2, 0) is 6.18 Å². The molecule has 0 aliphatic heterocycles. The lowest BCUT2D eigenvalue weighted by atomic mass is 10.0. The third kappa shape index (κ3) is 2.17. The third-order valence-electron chi connectivity index (χ3n) is 1.93. The van der Waals surface area contributed by atoms with Crippen molar-refractivity contribution in [1.29, 1.82) is 5.26 Å². The third-order valence-corrected chi connectivity index (χ3v) is 2.32. The Morgan fingerprint density at radius 3 is 2.38 bits per heavy atom. The van der Waals surface area contributed by atoms with Gasteiger partial charge in [0.25, 0.3) is 0 Å². The van der Waals surface area contributed by atoms with Crippen LogP contribution in [0.1, 0.15) is 28.4 Å². The molecule has 16 heavy (non-hydrogen) atoms. The second-order valence-electron chi connectivity index (χ2n) is 3.02. The number of hydrogen-bond donors (Lipinski definition) is 0. The Labute approximate surface area is 94.2 Å². The number of benzene rings is 1. The molecule has 2 nitrogen and oxygen atoms in total. The zero-order valence-corrected chi connectivity index (χ0v) is 8.78. The minimum absolute atomic E-state index is 0.243. The van der Waals surface area contributed by atoms with Crippen LogP contribution in [0.3, 0.4) is 0 Å². The van der Waals surface area contributed by atoms with Crippen molar-refractivity contribution in [1.82, 2.24) is 0 Å². The summed E-state index contributed by atoms with van der Waals surface area (Å²) >= 11 is 5.48. The summed E-state index contributed by atoms with van der Waals surface area (Å²) in [6.07, 6.45) is -4.76. The Hall–Kier alpha value is -1.54. The molecule has 0 atom stereocenters. The number of ketones is 1. The van der Waals surface area contributed by atoms with E-state index in [1.165, 1.54) is 6.07 Å². The van der Waals surface area contributed by atoms with Gasteiger partial charge in [0.1, 0.15) is 0 Å². The van der Waals surface area contributed by atoms with Gasteiger partial charge in [0.05, 0.1) is 22.2 Å². The summed E-state index contributed by atoms with van der Waals surface area (Å²) in [5.41, 5.74) is -2.10. The molecule has 1 aromatic carbocycles. The molecule has 0 saturated carbocycles. The molecule has 0 heterocycles. The van der Waals surface area contributed by atoms with Crippen molar-refractivity contribution >= 4 is 17.4 Å². The lowest BCUT2D eigenvalue weighted by Crippen LogP contribution is -2.11. The average molecular weight is 248 g/mol. The SMILES string of the molecule is CC(=O)c1ccc(C#N)c(C(F)(F)F)c1Cl. The van der Waals surface area contributed by atoms with Crippen molar-refractivity contribution in [3.05, 3.63) is 33.8 Å². The molecule has 0 aliphatic rings. The van der Waals surface area contributed by atoms with E-state index >= 15 is 0 Å². The largest absolute Gasteiger partial charge is 0.419 e. The van der Waals surface area contributed by atoms with E-state index < -0.39 is 28.1 Å². The highest BCUT2D eigenvalue weighted by Crippen LogP contribution is 2.38. The summed E-state index contributed by atoms with van der Waals surface area (Å²) in [5, 5.41) is 7.82. The molecule has 0 saturated heterocycles. The van der Waals surface area contributed by atoms with Crippen molar-refractivity contribution in [3.63, 3.8) is 0 Å². The van der Waals surface area contributed by atoms with E-state index in [4.69, 9.17) is 16.9 Å². The molecule has 0 fully saturated rings. The molecule has 0 N–H and O–H groups in total. The standard InChI is InChI=1S/C10H5ClF3NO/c1-5(16)7-3-2-6(4-15)8(9(7)11)10(12,13)14/h2-3H,1H3. The molecule has 0 unspecified atom stereocenters. The molecule has 1 aromatic rings. The summed E-state index contributed by atoms with van der Waals surface area (Å²) in [6, 6.07) is 3.44. The van der Waals surface area contributed by atoms with E-state index in [0.29, 0.717) is 0 Å². The van der Waals surface area contributed by atoms with Gasteiger partial charge in [0, 0.05) is 5.56 Å². The highest BCUT2D eigenvalue weighted by Gasteiger charge is 2.37. The molecule has 6 heteroatoms. The van der Waals surface area contributed by atoms with E-state index in [9.17, 15) is 18.0 Å². The maximum absolute atomic E-state index is 12.6. The van der Waals surface area contributed by atoms with E-state index in [-0.39, 0.29) is 5.56 Å². The molecule has 84 valence electrons. The summed E-state index contributed by atoms with van der Waals surface area (Å²) in [5.74, 6) is -0.583. The van der Waals surface area contributed by atoms with E-state index in [1.54, 1.807) is 0 Å². The molecular weight excluding hydrogens is 243 g/mol. The minimum atomic E-state index is -4.76. The van der Waals surface area contributed by atoms with Crippen LogP contribution in [0.15, 0.2) is 12.1 Å². The van der Waals surface area contributed by atoms with Gasteiger partial charge in [-0.1, -0.05) is 11.6 Å². The van der Waals surface area contributed by atoms with Crippen LogP contribution in [0.25, 0.3) is 0 Å². The van der Waals surface area contributed by atoms with Crippen molar-refractivity contribution in [3.8, 4) is 6.07 Å². The number of nitrogens with zero attached hydrogens (tertiary/aromatic N) is 1. The highest BCUT2D eigenvalue weighted by molar-refractivity contribution is 6.34. The van der Waals surface area contributed by atoms with Crippen molar-refractivity contribution in [2.24, 2.45) is 0 Å². The second-order valence-corrected chi connectivity index (χ2v) is 3.39. The van der Waals surface area contributed by atoms with Gasteiger partial charge in [-0.25, -0.2) is 0 Å². The second kappa shape index (κ2) is 4.14. The Morgan fingerprint density at radius 2 is 2.00 bits per heavy atom. The number of hydrogen-bond acceptors (Lipinski definition) is 2. The maximum Gasteiger partial charge on any atom is 0.419 e. The normalized spacial score (nSPS) is 11.0. The Morgan fingerprint density at radius 1 is 1.44 bits per heavy atom. The Balaban J connectivity index is 3.62. The topological polar surface area (TPSA) is 40.9 Å². The maximum atomic E-state index is 12.6. The molecule has 1 rings (SSSR count). The van der Waals surface area contributed by atoms with Gasteiger partial charge < -0.3 is 0 Å². The van der Waals surface area contributed by atoms with Gasteiger partial charge in [0.15, 0.2) is 5.78 Å². The number of Topliss-reactive ketones (excluding diaryl/α,β-unsaturated/α-hetero) is 1. The number of nitriles is 1. The fraction of sp³-hybridized carbons (Fsp3) is 0.200. The van der Waals surface area contributed by atoms with Crippen LogP contribution in [-0.4, -0.2) is 5.78 Å². The van der Waals surface area contributed by atoms with Gasteiger partial charge in [0.2, 0.25) is 0 Å². The van der Waals surface area contributed by atoms with E-state index in [1.807, 2.05) is 0 Å². The van der Waals surface area contributed by atoms with Gasteiger partial charge in [-0.2, -0.15) is 18.4 Å². The monoisotopic (exact) mass is 247 g/mol. The number of rotatable bonds is 1. The Kier molecular flexibility index (Phi) is 3.24. The predicted molar refractivity (Wildman–Crippen MR) is 51.2 cm³/mol. The quantitative estimate of drug-likeness (QED) is 0.714. The van der Waals surface area contributed by atoms with Gasteiger partial charge in [-0.3, -0.25) is 4.79 Å². The first-order valence-electron chi connectivity index (χ1n) is 4.09. The van der Waals surface area contributed by atoms with Gasteiger partial charge in [-0.05, 0) is 19.1 Å². The summed E-state index contributed by atoms with van der Waals surface area (Å²) in [6.45, 7) is 1.10. The zero-order chi connectivity index (χ0) is 12.5. The molecule has 0 aromatic heterocycles. The van der Waals surface area contributed by atoms with Crippen molar-refractivity contribution in [2.45, 2.75) is 13.1 Å².